The standard InChI is InChI=1S/C14H13BrFN5/c1-8(2)21-14(18-7-19-21)12-6-17-13(20-12)10-4-3-9(15)5-11(10)16/h3-8H,1-2H3,(H,17,20). The highest BCUT2D eigenvalue weighted by molar-refractivity contribution is 9.10. The molecule has 0 spiro atoms. The van der Waals surface area contributed by atoms with Crippen LogP contribution in [0.1, 0.15) is 19.9 Å². The molecule has 3 aromatic rings. The first-order valence-electron chi connectivity index (χ1n) is 6.46. The maximum Gasteiger partial charge on any atom is 0.176 e. The van der Waals surface area contributed by atoms with Gasteiger partial charge in [-0.3, -0.25) is 0 Å². The molecular formula is C14H13BrFN5. The molecule has 0 saturated carbocycles. The Balaban J connectivity index is 2.02. The first-order chi connectivity index (χ1) is 10.1. The predicted octanol–water partition coefficient (Wildman–Crippen LogP) is 3.82. The molecule has 5 nitrogen and oxygen atoms in total. The van der Waals surface area contributed by atoms with Crippen LogP contribution in [0.2, 0.25) is 0 Å². The Kier molecular flexibility index (Phi) is 3.59. The lowest BCUT2D eigenvalue weighted by atomic mass is 10.2. The van der Waals surface area contributed by atoms with Crippen molar-refractivity contribution in [2.45, 2.75) is 19.9 Å². The number of hydrogen-bond donors (Lipinski definition) is 1. The molecule has 0 saturated heterocycles. The summed E-state index contributed by atoms with van der Waals surface area (Å²) in [6.07, 6.45) is 3.13. The topological polar surface area (TPSA) is 59.4 Å². The molecule has 0 aliphatic heterocycles. The Morgan fingerprint density at radius 3 is 2.81 bits per heavy atom. The smallest absolute Gasteiger partial charge is 0.176 e. The number of hydrogen-bond acceptors (Lipinski definition) is 3. The van der Waals surface area contributed by atoms with Crippen LogP contribution in [-0.4, -0.2) is 24.7 Å². The van der Waals surface area contributed by atoms with Crippen molar-refractivity contribution in [1.82, 2.24) is 24.7 Å². The van der Waals surface area contributed by atoms with Gasteiger partial charge in [-0.05, 0) is 32.0 Å². The zero-order valence-corrected chi connectivity index (χ0v) is 13.1. The van der Waals surface area contributed by atoms with Gasteiger partial charge < -0.3 is 4.98 Å². The Morgan fingerprint density at radius 1 is 1.29 bits per heavy atom. The molecule has 0 aliphatic rings. The molecule has 0 atom stereocenters. The van der Waals surface area contributed by atoms with E-state index in [0.717, 1.165) is 0 Å². The second-order valence-electron chi connectivity index (χ2n) is 4.89. The molecule has 3 rings (SSSR count). The number of aromatic nitrogens is 5. The van der Waals surface area contributed by atoms with E-state index in [2.05, 4.69) is 36.0 Å². The number of benzene rings is 1. The van der Waals surface area contributed by atoms with Crippen molar-refractivity contribution in [3.8, 4) is 22.9 Å². The maximum atomic E-state index is 14.0. The second-order valence-corrected chi connectivity index (χ2v) is 5.81. The zero-order chi connectivity index (χ0) is 15.0. The number of halogens is 2. The van der Waals surface area contributed by atoms with E-state index >= 15 is 0 Å². The Hall–Kier alpha value is -2.02. The summed E-state index contributed by atoms with van der Waals surface area (Å²) in [6, 6.07) is 5.04. The van der Waals surface area contributed by atoms with Gasteiger partial charge in [0.1, 0.15) is 23.7 Å². The van der Waals surface area contributed by atoms with Crippen LogP contribution < -0.4 is 0 Å². The third-order valence-corrected chi connectivity index (χ3v) is 3.56. The molecule has 0 aliphatic carbocycles. The van der Waals surface area contributed by atoms with Gasteiger partial charge in [0.05, 0.1) is 11.8 Å². The highest BCUT2D eigenvalue weighted by Crippen LogP contribution is 2.26. The van der Waals surface area contributed by atoms with Crippen molar-refractivity contribution in [3.63, 3.8) is 0 Å². The molecule has 0 amide bonds. The van der Waals surface area contributed by atoms with Gasteiger partial charge in [-0.2, -0.15) is 5.10 Å². The van der Waals surface area contributed by atoms with E-state index in [9.17, 15) is 4.39 Å². The molecular weight excluding hydrogens is 337 g/mol. The van der Waals surface area contributed by atoms with E-state index < -0.39 is 0 Å². The lowest BCUT2D eigenvalue weighted by Gasteiger charge is -2.07. The zero-order valence-electron chi connectivity index (χ0n) is 11.5. The Morgan fingerprint density at radius 2 is 2.10 bits per heavy atom. The molecule has 1 N–H and O–H groups in total. The van der Waals surface area contributed by atoms with E-state index in [-0.39, 0.29) is 11.9 Å². The summed E-state index contributed by atoms with van der Waals surface area (Å²) in [5.41, 5.74) is 1.12. The van der Waals surface area contributed by atoms with E-state index in [1.54, 1.807) is 23.0 Å². The molecule has 0 fully saturated rings. The fourth-order valence-electron chi connectivity index (χ4n) is 2.07. The van der Waals surface area contributed by atoms with Crippen LogP contribution in [0.5, 0.6) is 0 Å². The molecule has 1 aromatic carbocycles. The van der Waals surface area contributed by atoms with Gasteiger partial charge in [-0.25, -0.2) is 19.0 Å². The summed E-state index contributed by atoms with van der Waals surface area (Å²) in [5, 5.41) is 4.18. The third kappa shape index (κ3) is 2.61. The molecule has 0 bridgehead atoms. The van der Waals surface area contributed by atoms with Crippen LogP contribution in [0.4, 0.5) is 4.39 Å². The van der Waals surface area contributed by atoms with Crippen molar-refractivity contribution in [2.24, 2.45) is 0 Å². The fraction of sp³-hybridized carbons (Fsp3) is 0.214. The normalized spacial score (nSPS) is 11.3. The van der Waals surface area contributed by atoms with Crippen LogP contribution in [0, 0.1) is 5.82 Å². The van der Waals surface area contributed by atoms with Crippen LogP contribution in [0.25, 0.3) is 22.9 Å². The van der Waals surface area contributed by atoms with E-state index in [4.69, 9.17) is 0 Å². The fourth-order valence-corrected chi connectivity index (χ4v) is 2.41. The Labute approximate surface area is 129 Å². The molecule has 2 heterocycles. The number of aromatic amines is 1. The minimum Gasteiger partial charge on any atom is -0.335 e. The van der Waals surface area contributed by atoms with Crippen LogP contribution >= 0.6 is 15.9 Å². The summed E-state index contributed by atoms with van der Waals surface area (Å²) >= 11 is 3.24. The van der Waals surface area contributed by atoms with Gasteiger partial charge in [0.15, 0.2) is 5.82 Å². The van der Waals surface area contributed by atoms with Gasteiger partial charge in [0.25, 0.3) is 0 Å². The summed E-state index contributed by atoms with van der Waals surface area (Å²) < 4.78 is 16.4. The molecule has 2 aromatic heterocycles. The number of nitrogens with one attached hydrogen (secondary N) is 1. The Bertz CT molecular complexity index is 777. The van der Waals surface area contributed by atoms with Gasteiger partial charge in [0, 0.05) is 10.5 Å². The lowest BCUT2D eigenvalue weighted by Crippen LogP contribution is -2.05. The second kappa shape index (κ2) is 5.40. The van der Waals surface area contributed by atoms with Crippen molar-refractivity contribution >= 4 is 15.9 Å². The minimum absolute atomic E-state index is 0.179. The van der Waals surface area contributed by atoms with Gasteiger partial charge in [-0.15, -0.1) is 0 Å². The molecule has 21 heavy (non-hydrogen) atoms. The number of nitrogens with zero attached hydrogens (tertiary/aromatic N) is 4. The van der Waals surface area contributed by atoms with Crippen molar-refractivity contribution in [3.05, 3.63) is 41.0 Å². The predicted molar refractivity (Wildman–Crippen MR) is 81.1 cm³/mol. The summed E-state index contributed by atoms with van der Waals surface area (Å²) in [4.78, 5) is 11.6. The maximum absolute atomic E-state index is 14.0. The van der Waals surface area contributed by atoms with Gasteiger partial charge in [0.2, 0.25) is 0 Å². The van der Waals surface area contributed by atoms with Crippen molar-refractivity contribution in [2.75, 3.05) is 0 Å². The highest BCUT2D eigenvalue weighted by Gasteiger charge is 2.15. The number of rotatable bonds is 3. The summed E-state index contributed by atoms with van der Waals surface area (Å²) in [6.45, 7) is 4.04. The lowest BCUT2D eigenvalue weighted by molar-refractivity contribution is 0.537. The molecule has 108 valence electrons. The first kappa shape index (κ1) is 13.9. The van der Waals surface area contributed by atoms with Crippen molar-refractivity contribution < 1.29 is 4.39 Å². The largest absolute Gasteiger partial charge is 0.335 e. The minimum atomic E-state index is -0.337. The first-order valence-corrected chi connectivity index (χ1v) is 7.26. The van der Waals surface area contributed by atoms with Crippen molar-refractivity contribution in [1.29, 1.82) is 0 Å². The molecule has 7 heteroatoms. The summed E-state index contributed by atoms with van der Waals surface area (Å²) in [5.74, 6) is 0.810. The van der Waals surface area contributed by atoms with E-state index in [0.29, 0.717) is 27.4 Å². The average Bonchev–Trinajstić information content (AvgIpc) is 3.06. The van der Waals surface area contributed by atoms with E-state index in [1.165, 1.54) is 12.4 Å². The number of H-pyrrole nitrogens is 1. The third-order valence-electron chi connectivity index (χ3n) is 3.07. The van der Waals surface area contributed by atoms with Crippen LogP contribution in [-0.2, 0) is 0 Å². The monoisotopic (exact) mass is 349 g/mol. The SMILES string of the molecule is CC(C)n1ncnc1-c1cnc(-c2ccc(Br)cc2F)[nH]1. The van der Waals surface area contributed by atoms with Crippen LogP contribution in [0.3, 0.4) is 0 Å². The number of imidazole rings is 1. The average molecular weight is 350 g/mol. The van der Waals surface area contributed by atoms with Crippen LogP contribution in [0.15, 0.2) is 35.2 Å². The molecule has 0 unspecified atom stereocenters. The van der Waals surface area contributed by atoms with Gasteiger partial charge >= 0.3 is 0 Å². The quantitative estimate of drug-likeness (QED) is 0.781. The van der Waals surface area contributed by atoms with Gasteiger partial charge in [-0.1, -0.05) is 15.9 Å². The molecule has 0 radical (unpaired) electrons. The highest BCUT2D eigenvalue weighted by atomic mass is 79.9. The van der Waals surface area contributed by atoms with E-state index in [1.807, 2.05) is 13.8 Å². The summed E-state index contributed by atoms with van der Waals surface area (Å²) in [7, 11) is 0.